The summed E-state index contributed by atoms with van der Waals surface area (Å²) in [5, 5.41) is 18.3. The summed E-state index contributed by atoms with van der Waals surface area (Å²) < 4.78 is 68.1. The minimum Gasteiger partial charge on any atom is -0.768 e. The average molecular weight is 571 g/mol. The van der Waals surface area contributed by atoms with E-state index < -0.39 is 36.5 Å². The molecule has 1 radical (unpaired) electrons. The van der Waals surface area contributed by atoms with E-state index in [9.17, 15) is 31.0 Å². The largest absolute Gasteiger partial charge is 0.768 e. The van der Waals surface area contributed by atoms with Crippen LogP contribution < -0.4 is 5.73 Å². The quantitative estimate of drug-likeness (QED) is 0.181. The normalized spacial score (nSPS) is 14.7. The van der Waals surface area contributed by atoms with Crippen LogP contribution in [0.1, 0.15) is 0 Å². The van der Waals surface area contributed by atoms with Gasteiger partial charge in [-0.1, -0.05) is 0 Å². The molecule has 0 spiro atoms. The van der Waals surface area contributed by atoms with Crippen LogP contribution in [0.5, 0.6) is 5.75 Å². The molecule has 0 aliphatic rings. The van der Waals surface area contributed by atoms with E-state index in [-0.39, 0.29) is 75.2 Å². The number of sulfone groups is 1. The van der Waals surface area contributed by atoms with E-state index in [4.69, 9.17) is 5.73 Å². The number of rotatable bonds is 5. The van der Waals surface area contributed by atoms with Crippen LogP contribution in [0.4, 0.5) is 17.1 Å². The molecule has 0 aliphatic heterocycles. The van der Waals surface area contributed by atoms with E-state index >= 15 is 0 Å². The van der Waals surface area contributed by atoms with Crippen LogP contribution in [0.2, 0.25) is 0 Å². The molecule has 0 bridgehead atoms. The zero-order valence-electron chi connectivity index (χ0n) is 16.5. The number of aromatic hydroxyl groups is 1. The third-order valence-corrected chi connectivity index (χ3v) is 6.97. The van der Waals surface area contributed by atoms with Gasteiger partial charge in [-0.3, -0.25) is 4.21 Å². The number of fused-ring (bicyclic) bond motifs is 1. The molecule has 0 amide bonds. The van der Waals surface area contributed by atoms with Crippen LogP contribution in [0.15, 0.2) is 67.4 Å². The van der Waals surface area contributed by atoms with Crippen LogP contribution in [0.3, 0.4) is 0 Å². The number of nitrogens with two attached hydrogens (primary N) is 1. The Bertz CT molecular complexity index is 1470. The van der Waals surface area contributed by atoms with Crippen molar-refractivity contribution >= 4 is 64.4 Å². The van der Waals surface area contributed by atoms with Crippen LogP contribution in [0, 0.1) is 0 Å². The minimum absolute atomic E-state index is 0. The second-order valence-electron chi connectivity index (χ2n) is 6.52. The maximum atomic E-state index is 12.3. The van der Waals surface area contributed by atoms with Gasteiger partial charge < -0.3 is 19.9 Å². The molecule has 14 heteroatoms. The molecular weight excluding hydrogens is 555 g/mol. The predicted molar refractivity (Wildman–Crippen MR) is 117 cm³/mol. The molecule has 3 aromatic rings. The summed E-state index contributed by atoms with van der Waals surface area (Å²) in [5.41, 5.74) is 5.87. The third-order valence-electron chi connectivity index (χ3n) is 4.23. The monoisotopic (exact) mass is 571 g/mol. The number of anilines is 1. The van der Waals surface area contributed by atoms with Crippen LogP contribution in [-0.2, 0) is 63.4 Å². The number of phenols is 1. The molecule has 3 aromatic carbocycles. The van der Waals surface area contributed by atoms with Gasteiger partial charge in [-0.05, 0) is 64.8 Å². The topological polar surface area (TPSA) is 183 Å². The molecule has 167 valence electrons. The molecule has 0 saturated carbocycles. The summed E-state index contributed by atoms with van der Waals surface area (Å²) in [7, 11) is -7.56. The SMILES string of the molecule is C=S(=O)(O)c1cc(O)c2c(N)c(N=Nc3ccc(S(=O)[O-])cc3)c(S(C)(=O)=O)cc2c1.[Y]. The fourth-order valence-corrected chi connectivity index (χ4v) is 4.60. The molecule has 0 aromatic heterocycles. The zero-order valence-corrected chi connectivity index (χ0v) is 21.7. The second-order valence-corrected chi connectivity index (χ2v) is 11.2. The molecule has 0 aliphatic carbocycles. The maximum absolute atomic E-state index is 12.3. The van der Waals surface area contributed by atoms with Crippen LogP contribution in [-0.4, -0.2) is 43.2 Å². The van der Waals surface area contributed by atoms with E-state index in [1.165, 1.54) is 30.3 Å². The Kier molecular flexibility index (Phi) is 7.98. The van der Waals surface area contributed by atoms with Crippen LogP contribution in [0.25, 0.3) is 10.8 Å². The summed E-state index contributed by atoms with van der Waals surface area (Å²) in [4.78, 5) is -0.488. The number of azo groups is 1. The van der Waals surface area contributed by atoms with E-state index in [2.05, 4.69) is 16.1 Å². The maximum Gasteiger partial charge on any atom is 0.177 e. The van der Waals surface area contributed by atoms with Gasteiger partial charge in [0.1, 0.15) is 21.2 Å². The standard InChI is InChI=1S/C18H17N3O7S3.Y/c1-30(25,26)13-7-10-8-15(31(2,27)28)18(17(19)16(10)14(22)9-13)21-20-11-3-5-12(6-4-11)29(23)24;/h3-9,22H,1,19H2,2H3,(H,23,24)(H,25,26);/p-1. The Hall–Kier alpha value is -1.74. The van der Waals surface area contributed by atoms with Gasteiger partial charge in [-0.15, -0.1) is 5.11 Å². The third kappa shape index (κ3) is 5.60. The molecule has 2 unspecified atom stereocenters. The molecule has 4 N–H and O–H groups in total. The fourth-order valence-electron chi connectivity index (χ4n) is 2.79. The van der Waals surface area contributed by atoms with Crippen molar-refractivity contribution in [3.8, 4) is 5.75 Å². The molecule has 32 heavy (non-hydrogen) atoms. The zero-order chi connectivity index (χ0) is 23.1. The van der Waals surface area contributed by atoms with Gasteiger partial charge in [0.15, 0.2) is 9.84 Å². The van der Waals surface area contributed by atoms with Crippen molar-refractivity contribution in [3.63, 3.8) is 0 Å². The van der Waals surface area contributed by atoms with Crippen molar-refractivity contribution in [3.05, 3.63) is 42.5 Å². The summed E-state index contributed by atoms with van der Waals surface area (Å²) in [5.74, 6) is 2.67. The Labute approximate surface area is 211 Å². The number of hydrogen-bond acceptors (Lipinski definition) is 9. The Balaban J connectivity index is 0.00000363. The van der Waals surface area contributed by atoms with Gasteiger partial charge in [-0.2, -0.15) is 5.11 Å². The van der Waals surface area contributed by atoms with Gasteiger partial charge in [0, 0.05) is 49.2 Å². The Morgan fingerprint density at radius 3 is 2.19 bits per heavy atom. The second kappa shape index (κ2) is 9.63. The van der Waals surface area contributed by atoms with Crippen molar-refractivity contribution in [2.24, 2.45) is 10.2 Å². The molecule has 2 atom stereocenters. The predicted octanol–water partition coefficient (Wildman–Crippen LogP) is 2.73. The van der Waals surface area contributed by atoms with Crippen molar-refractivity contribution in [2.45, 2.75) is 14.7 Å². The molecule has 0 fully saturated rings. The number of benzene rings is 3. The van der Waals surface area contributed by atoms with E-state index in [0.717, 1.165) is 18.4 Å². The first-order chi connectivity index (χ1) is 14.3. The van der Waals surface area contributed by atoms with Crippen molar-refractivity contribution < 1.29 is 63.8 Å². The molecule has 3 rings (SSSR count). The van der Waals surface area contributed by atoms with Crippen molar-refractivity contribution in [2.75, 3.05) is 12.0 Å². The summed E-state index contributed by atoms with van der Waals surface area (Å²) in [6.45, 7) is 0. The number of phenolic OH excluding ortho intramolecular Hbond substituents is 1. The van der Waals surface area contributed by atoms with Crippen molar-refractivity contribution in [1.29, 1.82) is 0 Å². The number of nitrogens with zero attached hydrogens (tertiary/aromatic N) is 2. The number of nitrogen functional groups attached to an aromatic ring is 1. The van der Waals surface area contributed by atoms with E-state index in [1.54, 1.807) is 0 Å². The first kappa shape index (κ1) is 26.5. The summed E-state index contributed by atoms with van der Waals surface area (Å²) in [6, 6.07) is 8.68. The minimum atomic E-state index is -3.88. The molecule has 0 heterocycles. The Morgan fingerprint density at radius 1 is 1.09 bits per heavy atom. The smallest absolute Gasteiger partial charge is 0.177 e. The molecular formula is C18H16N3O7S3Y-. The van der Waals surface area contributed by atoms with E-state index in [1.807, 2.05) is 0 Å². The van der Waals surface area contributed by atoms with Crippen LogP contribution >= 0.6 is 0 Å². The molecule has 0 saturated heterocycles. The van der Waals surface area contributed by atoms with Gasteiger partial charge in [0.05, 0.1) is 21.2 Å². The van der Waals surface area contributed by atoms with Gasteiger partial charge in [0.25, 0.3) is 0 Å². The van der Waals surface area contributed by atoms with E-state index in [0.29, 0.717) is 0 Å². The average Bonchev–Trinajstić information content (AvgIpc) is 2.65. The van der Waals surface area contributed by atoms with Gasteiger partial charge >= 0.3 is 0 Å². The summed E-state index contributed by atoms with van der Waals surface area (Å²) in [6.07, 6.45) is 0.922. The summed E-state index contributed by atoms with van der Waals surface area (Å²) >= 11 is -2.42. The first-order valence-electron chi connectivity index (χ1n) is 8.29. The van der Waals surface area contributed by atoms with Gasteiger partial charge in [-0.25, -0.2) is 12.6 Å². The van der Waals surface area contributed by atoms with Crippen molar-refractivity contribution in [1.82, 2.24) is 0 Å². The number of hydrogen-bond donors (Lipinski definition) is 3. The fraction of sp³-hybridized carbons (Fsp3) is 0.0556. The first-order valence-corrected chi connectivity index (χ1v) is 12.9. The van der Waals surface area contributed by atoms with Gasteiger partial charge in [0.2, 0.25) is 0 Å². The Morgan fingerprint density at radius 2 is 1.69 bits per heavy atom. The molecule has 10 nitrogen and oxygen atoms in total.